The summed E-state index contributed by atoms with van der Waals surface area (Å²) in [7, 11) is 1.61. The molecule has 0 atom stereocenters. The zero-order valence-electron chi connectivity index (χ0n) is 14.9. The molecule has 0 bridgehead atoms. The molecule has 0 aliphatic heterocycles. The molecule has 0 spiro atoms. The van der Waals surface area contributed by atoms with Gasteiger partial charge in [-0.3, -0.25) is 4.79 Å². The predicted octanol–water partition coefficient (Wildman–Crippen LogP) is 4.13. The Kier molecular flexibility index (Phi) is 5.11. The number of amides is 1. The molecule has 140 valence electrons. The lowest BCUT2D eigenvalue weighted by molar-refractivity contribution is 0.0918. The highest BCUT2D eigenvalue weighted by molar-refractivity contribution is 7.09. The van der Waals surface area contributed by atoms with E-state index >= 15 is 0 Å². The van der Waals surface area contributed by atoms with Crippen LogP contribution in [0, 0.1) is 0 Å². The number of nitrogens with one attached hydrogen (secondary N) is 1. The minimum Gasteiger partial charge on any atom is -0.497 e. The number of ether oxygens (including phenoxy) is 2. The van der Waals surface area contributed by atoms with Gasteiger partial charge in [0.1, 0.15) is 23.9 Å². The Morgan fingerprint density at radius 3 is 2.96 bits per heavy atom. The Bertz CT molecular complexity index is 929. The quantitative estimate of drug-likeness (QED) is 0.632. The summed E-state index contributed by atoms with van der Waals surface area (Å²) < 4.78 is 16.4. The summed E-state index contributed by atoms with van der Waals surface area (Å²) in [4.78, 5) is 16.8. The van der Waals surface area contributed by atoms with Gasteiger partial charge in [0.25, 0.3) is 5.91 Å². The SMILES string of the molecule is COc1cccc(OCc2ccc(C(=O)NCc3csc(C4CC4)n3)o2)c1. The molecule has 1 N–H and O–H groups in total. The van der Waals surface area contributed by atoms with E-state index in [9.17, 15) is 4.79 Å². The summed E-state index contributed by atoms with van der Waals surface area (Å²) in [5, 5.41) is 6.02. The molecule has 3 aromatic rings. The zero-order valence-corrected chi connectivity index (χ0v) is 15.8. The second-order valence-corrected chi connectivity index (χ2v) is 7.26. The molecule has 4 rings (SSSR count). The van der Waals surface area contributed by atoms with Gasteiger partial charge in [0, 0.05) is 17.4 Å². The first-order valence-corrected chi connectivity index (χ1v) is 9.67. The highest BCUT2D eigenvalue weighted by atomic mass is 32.1. The lowest BCUT2D eigenvalue weighted by Crippen LogP contribution is -2.22. The lowest BCUT2D eigenvalue weighted by atomic mass is 10.3. The average molecular weight is 384 g/mol. The maximum absolute atomic E-state index is 12.3. The molecule has 1 amide bonds. The molecule has 6 nitrogen and oxygen atoms in total. The number of hydrogen-bond donors (Lipinski definition) is 1. The van der Waals surface area contributed by atoms with Gasteiger partial charge in [0.05, 0.1) is 24.4 Å². The molecule has 1 aliphatic rings. The van der Waals surface area contributed by atoms with Crippen LogP contribution in [0.3, 0.4) is 0 Å². The standard InChI is InChI=1S/C20H20N2O4S/c1-24-15-3-2-4-16(9-15)25-11-17-7-8-18(26-17)19(23)21-10-14-12-27-20(22-14)13-5-6-13/h2-4,7-9,12-13H,5-6,10-11H2,1H3,(H,21,23). The van der Waals surface area contributed by atoms with E-state index in [1.165, 1.54) is 17.8 Å². The molecule has 7 heteroatoms. The predicted molar refractivity (Wildman–Crippen MR) is 101 cm³/mol. The number of thiazole rings is 1. The summed E-state index contributed by atoms with van der Waals surface area (Å²) in [5.74, 6) is 2.61. The van der Waals surface area contributed by atoms with Crippen LogP contribution in [-0.2, 0) is 13.2 Å². The van der Waals surface area contributed by atoms with Gasteiger partial charge in [-0.1, -0.05) is 6.07 Å². The number of carbonyl (C=O) groups is 1. The van der Waals surface area contributed by atoms with Gasteiger partial charge in [0.15, 0.2) is 5.76 Å². The van der Waals surface area contributed by atoms with Crippen molar-refractivity contribution in [1.82, 2.24) is 10.3 Å². The molecule has 2 heterocycles. The molecular formula is C20H20N2O4S. The number of carbonyl (C=O) groups excluding carboxylic acids is 1. The zero-order chi connectivity index (χ0) is 18.6. The van der Waals surface area contributed by atoms with E-state index in [0.29, 0.717) is 24.0 Å². The van der Waals surface area contributed by atoms with Crippen molar-refractivity contribution in [2.75, 3.05) is 7.11 Å². The van der Waals surface area contributed by atoms with Gasteiger partial charge in [-0.2, -0.15) is 0 Å². The first-order valence-electron chi connectivity index (χ1n) is 8.79. The summed E-state index contributed by atoms with van der Waals surface area (Å²) in [6.07, 6.45) is 2.46. The molecule has 0 saturated heterocycles. The van der Waals surface area contributed by atoms with Crippen LogP contribution in [0.4, 0.5) is 0 Å². The third kappa shape index (κ3) is 4.49. The minimum absolute atomic E-state index is 0.233. The van der Waals surface area contributed by atoms with E-state index in [-0.39, 0.29) is 18.3 Å². The van der Waals surface area contributed by atoms with Crippen LogP contribution < -0.4 is 14.8 Å². The monoisotopic (exact) mass is 384 g/mol. The van der Waals surface area contributed by atoms with Crippen molar-refractivity contribution in [3.63, 3.8) is 0 Å². The number of methoxy groups -OCH3 is 1. The molecule has 1 aliphatic carbocycles. The molecular weight excluding hydrogens is 364 g/mol. The van der Waals surface area contributed by atoms with Crippen LogP contribution in [0.15, 0.2) is 46.2 Å². The number of nitrogens with zero attached hydrogens (tertiary/aromatic N) is 1. The van der Waals surface area contributed by atoms with Crippen molar-refractivity contribution in [2.45, 2.75) is 31.9 Å². The molecule has 27 heavy (non-hydrogen) atoms. The number of hydrogen-bond acceptors (Lipinski definition) is 6. The van der Waals surface area contributed by atoms with E-state index in [1.54, 1.807) is 36.6 Å². The minimum atomic E-state index is -0.261. The smallest absolute Gasteiger partial charge is 0.287 e. The largest absolute Gasteiger partial charge is 0.497 e. The van der Waals surface area contributed by atoms with Gasteiger partial charge in [-0.05, 0) is 37.1 Å². The highest BCUT2D eigenvalue weighted by Gasteiger charge is 2.26. The maximum Gasteiger partial charge on any atom is 0.287 e. The van der Waals surface area contributed by atoms with Crippen LogP contribution in [0.2, 0.25) is 0 Å². The molecule has 0 unspecified atom stereocenters. The van der Waals surface area contributed by atoms with Gasteiger partial charge >= 0.3 is 0 Å². The topological polar surface area (TPSA) is 73.6 Å². The summed E-state index contributed by atoms with van der Waals surface area (Å²) in [5.41, 5.74) is 0.892. The second kappa shape index (κ2) is 7.84. The lowest BCUT2D eigenvalue weighted by Gasteiger charge is -2.06. The Labute approximate surface area is 161 Å². The normalized spacial score (nSPS) is 13.4. The van der Waals surface area contributed by atoms with Crippen molar-refractivity contribution >= 4 is 17.2 Å². The highest BCUT2D eigenvalue weighted by Crippen LogP contribution is 2.41. The van der Waals surface area contributed by atoms with Crippen molar-refractivity contribution in [1.29, 1.82) is 0 Å². The van der Waals surface area contributed by atoms with Crippen molar-refractivity contribution in [2.24, 2.45) is 0 Å². The summed E-state index contributed by atoms with van der Waals surface area (Å²) in [6, 6.07) is 10.7. The van der Waals surface area contributed by atoms with Gasteiger partial charge in [-0.25, -0.2) is 4.98 Å². The summed E-state index contributed by atoms with van der Waals surface area (Å²) >= 11 is 1.67. The molecule has 1 fully saturated rings. The number of rotatable bonds is 8. The Hall–Kier alpha value is -2.80. The Morgan fingerprint density at radius 2 is 2.15 bits per heavy atom. The van der Waals surface area contributed by atoms with Gasteiger partial charge in [0.2, 0.25) is 0 Å². The molecule has 0 radical (unpaired) electrons. The van der Waals surface area contributed by atoms with Gasteiger partial charge in [-0.15, -0.1) is 11.3 Å². The molecule has 1 aromatic carbocycles. The molecule has 2 aromatic heterocycles. The first kappa shape index (κ1) is 17.6. The van der Waals surface area contributed by atoms with E-state index in [0.717, 1.165) is 11.4 Å². The van der Waals surface area contributed by atoms with Crippen molar-refractivity contribution in [3.05, 3.63) is 64.0 Å². The first-order chi connectivity index (χ1) is 13.2. The fraction of sp³-hybridized carbons (Fsp3) is 0.300. The van der Waals surface area contributed by atoms with Gasteiger partial charge < -0.3 is 19.2 Å². The molecule has 1 saturated carbocycles. The van der Waals surface area contributed by atoms with E-state index in [4.69, 9.17) is 13.9 Å². The van der Waals surface area contributed by atoms with Crippen LogP contribution in [-0.4, -0.2) is 18.0 Å². The van der Waals surface area contributed by atoms with Crippen LogP contribution >= 0.6 is 11.3 Å². The number of benzene rings is 1. The maximum atomic E-state index is 12.3. The Balaban J connectivity index is 1.29. The average Bonchev–Trinajstić information content (AvgIpc) is 3.25. The second-order valence-electron chi connectivity index (χ2n) is 6.37. The van der Waals surface area contributed by atoms with Crippen LogP contribution in [0.1, 0.15) is 45.8 Å². The Morgan fingerprint density at radius 1 is 1.30 bits per heavy atom. The van der Waals surface area contributed by atoms with Crippen molar-refractivity contribution < 1.29 is 18.7 Å². The van der Waals surface area contributed by atoms with Crippen LogP contribution in [0.5, 0.6) is 11.5 Å². The third-order valence-electron chi connectivity index (χ3n) is 4.23. The van der Waals surface area contributed by atoms with Crippen LogP contribution in [0.25, 0.3) is 0 Å². The van der Waals surface area contributed by atoms with E-state index in [1.807, 2.05) is 23.6 Å². The third-order valence-corrected chi connectivity index (χ3v) is 5.29. The van der Waals surface area contributed by atoms with E-state index < -0.39 is 0 Å². The van der Waals surface area contributed by atoms with E-state index in [2.05, 4.69) is 10.3 Å². The fourth-order valence-corrected chi connectivity index (χ4v) is 3.59. The number of furan rings is 1. The number of aromatic nitrogens is 1. The van der Waals surface area contributed by atoms with Crippen molar-refractivity contribution in [3.8, 4) is 11.5 Å². The summed E-state index contributed by atoms with van der Waals surface area (Å²) in [6.45, 7) is 0.635. The fourth-order valence-electron chi connectivity index (χ4n) is 2.60.